The average molecular weight is 448 g/mol. The lowest BCUT2D eigenvalue weighted by Gasteiger charge is -2.35. The number of nitrogens with zero attached hydrogens (tertiary/aromatic N) is 2. The number of hydrogen-bond acceptors (Lipinski definition) is 2. The summed E-state index contributed by atoms with van der Waals surface area (Å²) in [5.74, 6) is 0.782. The van der Waals surface area contributed by atoms with Gasteiger partial charge in [0.15, 0.2) is 0 Å². The van der Waals surface area contributed by atoms with Crippen molar-refractivity contribution in [3.8, 4) is 0 Å². The normalized spacial score (nSPS) is 18.6. The summed E-state index contributed by atoms with van der Waals surface area (Å²) >= 11 is 0. The van der Waals surface area contributed by atoms with E-state index in [1.54, 1.807) is 12.1 Å². The van der Waals surface area contributed by atoms with Crippen LogP contribution in [0, 0.1) is 11.7 Å². The Balaban J connectivity index is 1.21. The molecule has 5 rings (SSSR count). The number of carbonyl (C=O) groups is 1. The van der Waals surface area contributed by atoms with E-state index in [1.165, 1.54) is 24.8 Å². The molecule has 0 atom stereocenters. The van der Waals surface area contributed by atoms with Crippen LogP contribution in [-0.4, -0.2) is 42.0 Å². The molecule has 1 amide bonds. The van der Waals surface area contributed by atoms with Gasteiger partial charge in [0, 0.05) is 41.8 Å². The van der Waals surface area contributed by atoms with Gasteiger partial charge in [-0.2, -0.15) is 0 Å². The monoisotopic (exact) mass is 447 g/mol. The number of anilines is 1. The van der Waals surface area contributed by atoms with Gasteiger partial charge in [0.1, 0.15) is 5.82 Å². The quantitative estimate of drug-likeness (QED) is 0.496. The van der Waals surface area contributed by atoms with E-state index < -0.39 is 0 Å². The molecule has 174 valence electrons. The summed E-state index contributed by atoms with van der Waals surface area (Å²) in [6.45, 7) is 3.70. The lowest BCUT2D eigenvalue weighted by atomic mass is 9.88. The molecule has 33 heavy (non-hydrogen) atoms. The van der Waals surface area contributed by atoms with Gasteiger partial charge in [0.05, 0.1) is 0 Å². The Morgan fingerprint density at radius 2 is 1.76 bits per heavy atom. The largest absolute Gasteiger partial charge is 0.361 e. The second kappa shape index (κ2) is 10.1. The van der Waals surface area contributed by atoms with Gasteiger partial charge < -0.3 is 14.8 Å². The van der Waals surface area contributed by atoms with Gasteiger partial charge in [0.25, 0.3) is 0 Å². The number of nitrogens with one attached hydrogen (secondary N) is 1. The van der Waals surface area contributed by atoms with E-state index in [-0.39, 0.29) is 11.7 Å². The predicted octanol–water partition coefficient (Wildman–Crippen LogP) is 6.10. The molecule has 3 aromatic rings. The third kappa shape index (κ3) is 4.98. The Morgan fingerprint density at radius 1 is 1.00 bits per heavy atom. The Morgan fingerprint density at radius 3 is 2.52 bits per heavy atom. The van der Waals surface area contributed by atoms with Gasteiger partial charge in [-0.1, -0.05) is 37.5 Å². The predicted molar refractivity (Wildman–Crippen MR) is 132 cm³/mol. The molecular weight excluding hydrogens is 413 g/mol. The number of amides is 1. The number of piperidine rings is 1. The van der Waals surface area contributed by atoms with Crippen LogP contribution < -0.4 is 4.90 Å². The molecular formula is C28H34FN3O. The molecule has 4 nitrogen and oxygen atoms in total. The van der Waals surface area contributed by atoms with Crippen LogP contribution in [0.1, 0.15) is 56.4 Å². The summed E-state index contributed by atoms with van der Waals surface area (Å²) < 4.78 is 13.5. The van der Waals surface area contributed by atoms with Crippen molar-refractivity contribution in [1.82, 2.24) is 9.88 Å². The summed E-state index contributed by atoms with van der Waals surface area (Å²) in [7, 11) is 0. The first kappa shape index (κ1) is 22.1. The van der Waals surface area contributed by atoms with Crippen LogP contribution in [0.4, 0.5) is 10.1 Å². The Kier molecular flexibility index (Phi) is 6.77. The molecule has 2 heterocycles. The van der Waals surface area contributed by atoms with Crippen LogP contribution >= 0.6 is 0 Å². The topological polar surface area (TPSA) is 39.3 Å². The summed E-state index contributed by atoms with van der Waals surface area (Å²) in [4.78, 5) is 21.2. The maximum absolute atomic E-state index is 13.5. The number of fused-ring (bicyclic) bond motifs is 1. The maximum Gasteiger partial charge on any atom is 0.230 e. The van der Waals surface area contributed by atoms with Crippen molar-refractivity contribution in [3.63, 3.8) is 0 Å². The van der Waals surface area contributed by atoms with E-state index in [0.717, 1.165) is 68.5 Å². The molecule has 1 aromatic heterocycles. The molecule has 0 spiro atoms. The lowest BCUT2D eigenvalue weighted by molar-refractivity contribution is -0.123. The molecule has 1 aliphatic heterocycles. The number of likely N-dealkylation sites (tertiary alicyclic amines) is 1. The van der Waals surface area contributed by atoms with Crippen LogP contribution in [0.5, 0.6) is 0 Å². The number of carbonyl (C=O) groups excluding carboxylic acids is 1. The molecule has 1 N–H and O–H groups in total. The van der Waals surface area contributed by atoms with Crippen molar-refractivity contribution in [2.45, 2.75) is 50.9 Å². The highest BCUT2D eigenvalue weighted by Gasteiger charge is 2.28. The highest BCUT2D eigenvalue weighted by molar-refractivity contribution is 5.95. The zero-order valence-corrected chi connectivity index (χ0v) is 19.3. The number of aromatic amines is 1. The summed E-state index contributed by atoms with van der Waals surface area (Å²) in [5.41, 5.74) is 3.21. The number of para-hydroxylation sites is 1. The van der Waals surface area contributed by atoms with Crippen LogP contribution in [0.25, 0.3) is 10.9 Å². The van der Waals surface area contributed by atoms with E-state index in [9.17, 15) is 9.18 Å². The molecule has 0 bridgehead atoms. The van der Waals surface area contributed by atoms with E-state index in [2.05, 4.69) is 28.2 Å². The second-order valence-corrected chi connectivity index (χ2v) is 9.71. The van der Waals surface area contributed by atoms with Crippen molar-refractivity contribution in [1.29, 1.82) is 0 Å². The third-order valence-electron chi connectivity index (χ3n) is 7.63. The van der Waals surface area contributed by atoms with Gasteiger partial charge in [-0.25, -0.2) is 4.39 Å². The molecule has 2 aromatic carbocycles. The first-order chi connectivity index (χ1) is 16.2. The van der Waals surface area contributed by atoms with E-state index >= 15 is 0 Å². The Bertz CT molecular complexity index is 1070. The molecule has 5 heteroatoms. The van der Waals surface area contributed by atoms with Crippen LogP contribution in [0.3, 0.4) is 0 Å². The Hall–Kier alpha value is -2.66. The minimum absolute atomic E-state index is 0.177. The zero-order chi connectivity index (χ0) is 22.6. The lowest BCUT2D eigenvalue weighted by Crippen LogP contribution is -2.44. The van der Waals surface area contributed by atoms with Gasteiger partial charge >= 0.3 is 0 Å². The summed E-state index contributed by atoms with van der Waals surface area (Å²) in [6.07, 6.45) is 9.91. The summed E-state index contributed by atoms with van der Waals surface area (Å²) in [5, 5.41) is 1.14. The standard InChI is InChI=1S/C28H34FN3O/c29-23-11-12-25-26(20-30-27(25)19-23)21-13-15-31(16-14-21)17-18-32(24-9-5-2-6-10-24)28(33)22-7-3-1-4-8-22/h2,5-6,9-12,19-22,30H,1,3-4,7-8,13-18H2. The average Bonchev–Trinajstić information content (AvgIpc) is 3.28. The number of rotatable bonds is 6. The molecule has 0 radical (unpaired) electrons. The van der Waals surface area contributed by atoms with Gasteiger partial charge in [0.2, 0.25) is 5.91 Å². The van der Waals surface area contributed by atoms with Gasteiger partial charge in [-0.05, 0) is 80.6 Å². The molecule has 2 aliphatic rings. The van der Waals surface area contributed by atoms with Crippen molar-refractivity contribution in [2.75, 3.05) is 31.1 Å². The van der Waals surface area contributed by atoms with Crippen LogP contribution in [-0.2, 0) is 4.79 Å². The smallest absolute Gasteiger partial charge is 0.230 e. The SMILES string of the molecule is O=C(C1CCCCC1)N(CCN1CCC(c2c[nH]c3cc(F)ccc23)CC1)c1ccccc1. The van der Waals surface area contributed by atoms with Gasteiger partial charge in [-0.15, -0.1) is 0 Å². The number of hydrogen-bond donors (Lipinski definition) is 1. The van der Waals surface area contributed by atoms with Crippen LogP contribution in [0.2, 0.25) is 0 Å². The summed E-state index contributed by atoms with van der Waals surface area (Å²) in [6, 6.07) is 15.2. The van der Waals surface area contributed by atoms with Crippen molar-refractivity contribution in [2.24, 2.45) is 5.92 Å². The number of aromatic nitrogens is 1. The fourth-order valence-corrected chi connectivity index (χ4v) is 5.71. The van der Waals surface area contributed by atoms with Crippen molar-refractivity contribution in [3.05, 3.63) is 66.1 Å². The van der Waals surface area contributed by atoms with Gasteiger partial charge in [-0.3, -0.25) is 4.79 Å². The first-order valence-corrected chi connectivity index (χ1v) is 12.5. The van der Waals surface area contributed by atoms with Crippen molar-refractivity contribution >= 4 is 22.5 Å². The molecule has 2 fully saturated rings. The zero-order valence-electron chi connectivity index (χ0n) is 19.3. The number of benzene rings is 2. The van der Waals surface area contributed by atoms with Crippen LogP contribution in [0.15, 0.2) is 54.7 Å². The fourth-order valence-electron chi connectivity index (χ4n) is 5.71. The minimum Gasteiger partial charge on any atom is -0.361 e. The number of H-pyrrole nitrogens is 1. The fraction of sp³-hybridized carbons (Fsp3) is 0.464. The van der Waals surface area contributed by atoms with E-state index in [4.69, 9.17) is 0 Å². The molecule has 1 aliphatic carbocycles. The van der Waals surface area contributed by atoms with Crippen molar-refractivity contribution < 1.29 is 9.18 Å². The molecule has 0 unspecified atom stereocenters. The maximum atomic E-state index is 13.5. The third-order valence-corrected chi connectivity index (χ3v) is 7.63. The molecule has 1 saturated heterocycles. The van der Waals surface area contributed by atoms with E-state index in [0.29, 0.717) is 11.8 Å². The number of halogens is 1. The molecule has 1 saturated carbocycles. The Labute approximate surface area is 195 Å². The highest BCUT2D eigenvalue weighted by atomic mass is 19.1. The minimum atomic E-state index is -0.198. The highest BCUT2D eigenvalue weighted by Crippen LogP contribution is 2.33. The second-order valence-electron chi connectivity index (χ2n) is 9.71. The van der Waals surface area contributed by atoms with E-state index in [1.807, 2.05) is 29.2 Å². The first-order valence-electron chi connectivity index (χ1n) is 12.5.